The number of amides is 2. The minimum atomic E-state index is -0.681. The van der Waals surface area contributed by atoms with E-state index in [1.165, 1.54) is 46.9 Å². The van der Waals surface area contributed by atoms with Gasteiger partial charge in [0.05, 0.1) is 23.0 Å². The highest BCUT2D eigenvalue weighted by atomic mass is 19.1. The van der Waals surface area contributed by atoms with E-state index in [1.807, 2.05) is 4.90 Å². The van der Waals surface area contributed by atoms with E-state index < -0.39 is 23.0 Å². The molecule has 0 radical (unpaired) electrons. The van der Waals surface area contributed by atoms with Gasteiger partial charge in [0.25, 0.3) is 11.5 Å². The van der Waals surface area contributed by atoms with E-state index in [0.717, 1.165) is 19.4 Å². The summed E-state index contributed by atoms with van der Waals surface area (Å²) in [5.41, 5.74) is -0.225. The van der Waals surface area contributed by atoms with Gasteiger partial charge in [0.1, 0.15) is 12.4 Å². The SMILES string of the molecule is O=C1CN(C(=O)c2cc(Cn3c(=O)[nH]c(=O)c4ccccc43)ccc2F)CCN1CC1CCCCC1. The molecular formula is C27H29FN4O4. The fraction of sp³-hybridized carbons (Fsp3) is 0.407. The van der Waals surface area contributed by atoms with Crippen LogP contribution in [0.5, 0.6) is 0 Å². The number of aromatic amines is 1. The van der Waals surface area contributed by atoms with Gasteiger partial charge in [-0.3, -0.25) is 23.9 Å². The van der Waals surface area contributed by atoms with Crippen LogP contribution in [-0.2, 0) is 11.3 Å². The fourth-order valence-electron chi connectivity index (χ4n) is 5.34. The predicted molar refractivity (Wildman–Crippen MR) is 133 cm³/mol. The minimum absolute atomic E-state index is 0.0464. The number of hydrogen-bond acceptors (Lipinski definition) is 4. The Kier molecular flexibility index (Phi) is 6.71. The van der Waals surface area contributed by atoms with E-state index in [4.69, 9.17) is 0 Å². The van der Waals surface area contributed by atoms with Gasteiger partial charge in [-0.15, -0.1) is 0 Å². The summed E-state index contributed by atoms with van der Waals surface area (Å²) in [6.45, 7) is 1.50. The van der Waals surface area contributed by atoms with Crippen LogP contribution < -0.4 is 11.2 Å². The number of nitrogens with zero attached hydrogens (tertiary/aromatic N) is 3. The van der Waals surface area contributed by atoms with Crippen LogP contribution in [0.3, 0.4) is 0 Å². The maximum Gasteiger partial charge on any atom is 0.329 e. The number of hydrogen-bond donors (Lipinski definition) is 1. The van der Waals surface area contributed by atoms with Gasteiger partial charge in [0, 0.05) is 19.6 Å². The quantitative estimate of drug-likeness (QED) is 0.593. The Labute approximate surface area is 207 Å². The first-order valence-electron chi connectivity index (χ1n) is 12.5. The molecule has 9 heteroatoms. The molecule has 2 heterocycles. The Morgan fingerprint density at radius 1 is 1.00 bits per heavy atom. The largest absolute Gasteiger partial charge is 0.339 e. The predicted octanol–water partition coefficient (Wildman–Crippen LogP) is 2.74. The zero-order valence-electron chi connectivity index (χ0n) is 20.0. The molecule has 1 saturated heterocycles. The molecule has 0 spiro atoms. The van der Waals surface area contributed by atoms with Crippen LogP contribution >= 0.6 is 0 Å². The molecule has 3 aromatic rings. The Bertz CT molecular complexity index is 1420. The van der Waals surface area contributed by atoms with Gasteiger partial charge in [-0.2, -0.15) is 0 Å². The lowest BCUT2D eigenvalue weighted by atomic mass is 9.89. The van der Waals surface area contributed by atoms with Gasteiger partial charge < -0.3 is 9.80 Å². The van der Waals surface area contributed by atoms with Gasteiger partial charge in [-0.25, -0.2) is 9.18 Å². The number of halogens is 1. The van der Waals surface area contributed by atoms with Gasteiger partial charge in [-0.05, 0) is 48.6 Å². The number of nitrogens with one attached hydrogen (secondary N) is 1. The highest BCUT2D eigenvalue weighted by Gasteiger charge is 2.30. The summed E-state index contributed by atoms with van der Waals surface area (Å²) < 4.78 is 16.1. The molecule has 1 aliphatic carbocycles. The lowest BCUT2D eigenvalue weighted by Gasteiger charge is -2.37. The number of benzene rings is 2. The van der Waals surface area contributed by atoms with Crippen LogP contribution in [-0.4, -0.2) is 57.3 Å². The van der Waals surface area contributed by atoms with Gasteiger partial charge in [0.15, 0.2) is 0 Å². The Morgan fingerprint density at radius 3 is 2.56 bits per heavy atom. The highest BCUT2D eigenvalue weighted by Crippen LogP contribution is 2.25. The first-order valence-corrected chi connectivity index (χ1v) is 12.5. The topological polar surface area (TPSA) is 95.5 Å². The van der Waals surface area contributed by atoms with Crippen molar-refractivity contribution in [2.45, 2.75) is 38.6 Å². The third kappa shape index (κ3) is 4.82. The molecule has 0 atom stereocenters. The molecule has 2 fully saturated rings. The van der Waals surface area contributed by atoms with Crippen molar-refractivity contribution >= 4 is 22.7 Å². The molecule has 1 saturated carbocycles. The number of piperazine rings is 1. The van der Waals surface area contributed by atoms with Crippen LogP contribution in [0, 0.1) is 11.7 Å². The molecule has 2 aliphatic rings. The second-order valence-electron chi connectivity index (χ2n) is 9.75. The third-order valence-corrected chi connectivity index (χ3v) is 7.32. The van der Waals surface area contributed by atoms with Crippen molar-refractivity contribution in [2.24, 2.45) is 5.92 Å². The Morgan fingerprint density at radius 2 is 1.78 bits per heavy atom. The molecule has 2 aromatic carbocycles. The number of carbonyl (C=O) groups excluding carboxylic acids is 2. The smallest absolute Gasteiger partial charge is 0.329 e. The number of rotatable bonds is 5. The summed E-state index contributed by atoms with van der Waals surface area (Å²) in [7, 11) is 0. The molecule has 36 heavy (non-hydrogen) atoms. The normalized spacial score (nSPS) is 17.1. The van der Waals surface area contributed by atoms with E-state index in [2.05, 4.69) is 4.98 Å². The lowest BCUT2D eigenvalue weighted by molar-refractivity contribution is -0.135. The monoisotopic (exact) mass is 492 g/mol. The lowest BCUT2D eigenvalue weighted by Crippen LogP contribution is -2.53. The van der Waals surface area contributed by atoms with Gasteiger partial charge in [-0.1, -0.05) is 37.5 Å². The number of aromatic nitrogens is 2. The molecule has 0 bridgehead atoms. The van der Waals surface area contributed by atoms with Gasteiger partial charge in [0.2, 0.25) is 5.91 Å². The zero-order chi connectivity index (χ0) is 25.2. The van der Waals surface area contributed by atoms with Crippen LogP contribution in [0.4, 0.5) is 4.39 Å². The van der Waals surface area contributed by atoms with Crippen LogP contribution in [0.15, 0.2) is 52.1 Å². The fourth-order valence-corrected chi connectivity index (χ4v) is 5.34. The van der Waals surface area contributed by atoms with E-state index >= 15 is 0 Å². The van der Waals surface area contributed by atoms with Crippen molar-refractivity contribution in [1.82, 2.24) is 19.4 Å². The number of fused-ring (bicyclic) bond motifs is 1. The van der Waals surface area contributed by atoms with Crippen LogP contribution in [0.1, 0.15) is 48.0 Å². The van der Waals surface area contributed by atoms with Crippen LogP contribution in [0.25, 0.3) is 10.9 Å². The Balaban J connectivity index is 1.33. The van der Waals surface area contributed by atoms with Crippen molar-refractivity contribution in [3.63, 3.8) is 0 Å². The molecule has 1 N–H and O–H groups in total. The maximum absolute atomic E-state index is 14.7. The van der Waals surface area contributed by atoms with Crippen molar-refractivity contribution in [2.75, 3.05) is 26.2 Å². The second-order valence-corrected chi connectivity index (χ2v) is 9.75. The molecule has 1 aliphatic heterocycles. The summed E-state index contributed by atoms with van der Waals surface area (Å²) in [6, 6.07) is 10.8. The minimum Gasteiger partial charge on any atom is -0.339 e. The van der Waals surface area contributed by atoms with Crippen molar-refractivity contribution < 1.29 is 14.0 Å². The standard InChI is InChI=1S/C27H29FN4O4/c28-22-11-10-19(16-32-23-9-5-4-8-20(23)25(34)29-27(32)36)14-21(22)26(35)31-13-12-30(24(33)17-31)15-18-6-2-1-3-7-18/h4-5,8-11,14,18H,1-3,6-7,12-13,15-17H2,(H,29,34,36). The summed E-state index contributed by atoms with van der Waals surface area (Å²) in [5.74, 6) is -0.812. The van der Waals surface area contributed by atoms with E-state index in [9.17, 15) is 23.6 Å². The van der Waals surface area contributed by atoms with E-state index in [0.29, 0.717) is 35.5 Å². The number of carbonyl (C=O) groups is 2. The number of H-pyrrole nitrogens is 1. The zero-order valence-corrected chi connectivity index (χ0v) is 20.0. The van der Waals surface area contributed by atoms with E-state index in [1.54, 1.807) is 24.3 Å². The molecule has 8 nitrogen and oxygen atoms in total. The molecule has 1 aromatic heterocycles. The number of para-hydroxylation sites is 1. The van der Waals surface area contributed by atoms with Crippen molar-refractivity contribution in [3.05, 3.63) is 80.2 Å². The molecule has 2 amide bonds. The average Bonchev–Trinajstić information content (AvgIpc) is 2.89. The third-order valence-electron chi connectivity index (χ3n) is 7.32. The molecular weight excluding hydrogens is 463 g/mol. The van der Waals surface area contributed by atoms with Crippen molar-refractivity contribution in [3.8, 4) is 0 Å². The Hall–Kier alpha value is -3.75. The molecule has 0 unspecified atom stereocenters. The van der Waals surface area contributed by atoms with E-state index in [-0.39, 0.29) is 24.6 Å². The molecule has 188 valence electrons. The first kappa shape index (κ1) is 24.0. The summed E-state index contributed by atoms with van der Waals surface area (Å²) in [6.07, 6.45) is 5.93. The molecule has 5 rings (SSSR count). The van der Waals surface area contributed by atoms with Crippen LogP contribution in [0.2, 0.25) is 0 Å². The summed E-state index contributed by atoms with van der Waals surface area (Å²) >= 11 is 0. The maximum atomic E-state index is 14.7. The van der Waals surface area contributed by atoms with Crippen molar-refractivity contribution in [1.29, 1.82) is 0 Å². The highest BCUT2D eigenvalue weighted by molar-refractivity contribution is 5.97. The summed E-state index contributed by atoms with van der Waals surface area (Å²) in [4.78, 5) is 56.1. The average molecular weight is 493 g/mol. The summed E-state index contributed by atoms with van der Waals surface area (Å²) in [5, 5.41) is 0.361. The van der Waals surface area contributed by atoms with Gasteiger partial charge >= 0.3 is 5.69 Å². The first-order chi connectivity index (χ1) is 17.4. The second kappa shape index (κ2) is 10.1.